The topological polar surface area (TPSA) is 30.0 Å². The number of thiazole rings is 1. The molecule has 1 heterocycles. The Morgan fingerprint density at radius 2 is 2.07 bits per heavy atom. The van der Waals surface area contributed by atoms with Gasteiger partial charge in [-0.3, -0.25) is 4.79 Å². The minimum absolute atomic E-state index is 0.538. The first-order valence-corrected chi connectivity index (χ1v) is 5.15. The van der Waals surface area contributed by atoms with Gasteiger partial charge >= 0.3 is 0 Å². The summed E-state index contributed by atoms with van der Waals surface area (Å²) in [5.74, 6) is 2.44. The molecule has 1 aromatic carbocycles. The first-order valence-electron chi connectivity index (χ1n) is 4.33. The second kappa shape index (κ2) is 4.07. The quantitative estimate of drug-likeness (QED) is 0.567. The minimum atomic E-state index is 0.538. The van der Waals surface area contributed by atoms with Gasteiger partial charge in [-0.2, -0.15) is 0 Å². The third-order valence-corrected chi connectivity index (χ3v) is 2.84. The van der Waals surface area contributed by atoms with Crippen LogP contribution >= 0.6 is 11.3 Å². The Bertz CT molecular complexity index is 522. The molecule has 0 fully saturated rings. The van der Waals surface area contributed by atoms with E-state index >= 15 is 0 Å². The molecule has 3 heteroatoms. The highest BCUT2D eigenvalue weighted by Crippen LogP contribution is 2.26. The molecule has 0 bridgehead atoms. The van der Waals surface area contributed by atoms with Gasteiger partial charge in [-0.05, 0) is 5.92 Å². The maximum atomic E-state index is 10.8. The van der Waals surface area contributed by atoms with Crippen LogP contribution in [0.5, 0.6) is 0 Å². The zero-order valence-corrected chi connectivity index (χ0v) is 8.62. The lowest BCUT2D eigenvalue weighted by molar-refractivity contribution is 0.112. The normalized spacial score (nSPS) is 9.53. The van der Waals surface area contributed by atoms with Gasteiger partial charge in [0.1, 0.15) is 0 Å². The van der Waals surface area contributed by atoms with Crippen molar-refractivity contribution in [2.24, 2.45) is 0 Å². The van der Waals surface area contributed by atoms with Crippen LogP contribution < -0.4 is 0 Å². The molecule has 0 aliphatic rings. The molecule has 0 saturated heterocycles. The molecule has 0 aliphatic heterocycles. The van der Waals surface area contributed by atoms with E-state index in [2.05, 4.69) is 10.9 Å². The van der Waals surface area contributed by atoms with E-state index in [1.807, 2.05) is 30.3 Å². The van der Waals surface area contributed by atoms with Crippen LogP contribution in [0.4, 0.5) is 0 Å². The van der Waals surface area contributed by atoms with E-state index in [0.29, 0.717) is 15.6 Å². The Morgan fingerprint density at radius 3 is 2.67 bits per heavy atom. The third-order valence-electron chi connectivity index (χ3n) is 1.93. The lowest BCUT2D eigenvalue weighted by atomic mass is 10.1. The van der Waals surface area contributed by atoms with Crippen LogP contribution in [-0.4, -0.2) is 11.3 Å². The van der Waals surface area contributed by atoms with Crippen molar-refractivity contribution < 1.29 is 4.79 Å². The van der Waals surface area contributed by atoms with E-state index in [1.54, 1.807) is 0 Å². The lowest BCUT2D eigenvalue weighted by Gasteiger charge is -1.95. The van der Waals surface area contributed by atoms with Gasteiger partial charge in [0.2, 0.25) is 0 Å². The van der Waals surface area contributed by atoms with Crippen LogP contribution in [-0.2, 0) is 0 Å². The molecule has 0 amide bonds. The fourth-order valence-electron chi connectivity index (χ4n) is 1.28. The molecule has 0 spiro atoms. The summed E-state index contributed by atoms with van der Waals surface area (Å²) in [6.07, 6.45) is 6.04. The molecular formula is C12H7NOS. The first kappa shape index (κ1) is 9.63. The molecule has 2 aromatic rings. The molecule has 0 N–H and O–H groups in total. The predicted octanol–water partition coefficient (Wildman–Crippen LogP) is 2.60. The van der Waals surface area contributed by atoms with Crippen LogP contribution in [0, 0.1) is 12.3 Å². The minimum Gasteiger partial charge on any atom is -0.297 e. The Morgan fingerprint density at radius 1 is 1.33 bits per heavy atom. The molecule has 0 radical (unpaired) electrons. The Hall–Kier alpha value is -1.92. The number of terminal acetylenes is 1. The Labute approximate surface area is 91.6 Å². The molecule has 1 aromatic heterocycles. The number of carbonyl (C=O) groups excluding carboxylic acids is 1. The second-order valence-electron chi connectivity index (χ2n) is 2.86. The lowest BCUT2D eigenvalue weighted by Crippen LogP contribution is -1.82. The average Bonchev–Trinajstić information content (AvgIpc) is 2.73. The number of hydrogen-bond acceptors (Lipinski definition) is 3. The molecular weight excluding hydrogens is 206 g/mol. The average molecular weight is 213 g/mol. The number of benzene rings is 1. The largest absolute Gasteiger partial charge is 0.297 e. The number of nitrogens with zero attached hydrogens (tertiary/aromatic N) is 1. The van der Waals surface area contributed by atoms with Crippen LogP contribution in [0.15, 0.2) is 30.3 Å². The predicted molar refractivity (Wildman–Crippen MR) is 60.9 cm³/mol. The van der Waals surface area contributed by atoms with Gasteiger partial charge in [0.25, 0.3) is 0 Å². The first-order chi connectivity index (χ1) is 7.35. The van der Waals surface area contributed by atoms with Crippen LogP contribution in [0.25, 0.3) is 11.3 Å². The number of carbonyl (C=O) groups is 1. The van der Waals surface area contributed by atoms with Crippen molar-refractivity contribution in [1.29, 1.82) is 0 Å². The third kappa shape index (κ3) is 1.80. The summed E-state index contributed by atoms with van der Waals surface area (Å²) < 4.78 is 0. The highest BCUT2D eigenvalue weighted by molar-refractivity contribution is 7.14. The van der Waals surface area contributed by atoms with Crippen molar-refractivity contribution in [3.05, 3.63) is 40.2 Å². The van der Waals surface area contributed by atoms with Gasteiger partial charge in [-0.25, -0.2) is 4.98 Å². The summed E-state index contributed by atoms with van der Waals surface area (Å²) in [6, 6.07) is 9.53. The van der Waals surface area contributed by atoms with E-state index in [4.69, 9.17) is 6.42 Å². The molecule has 2 rings (SSSR count). The number of rotatable bonds is 2. The number of aromatic nitrogens is 1. The van der Waals surface area contributed by atoms with E-state index in [-0.39, 0.29) is 0 Å². The van der Waals surface area contributed by atoms with Gasteiger partial charge in [-0.15, -0.1) is 17.8 Å². The smallest absolute Gasteiger partial charge is 0.167 e. The Balaban J connectivity index is 2.58. The number of aldehydes is 1. The molecule has 0 unspecified atom stereocenters. The van der Waals surface area contributed by atoms with Gasteiger partial charge in [0, 0.05) is 5.56 Å². The van der Waals surface area contributed by atoms with E-state index in [1.165, 1.54) is 11.3 Å². The van der Waals surface area contributed by atoms with E-state index in [9.17, 15) is 4.79 Å². The SMILES string of the molecule is C#Cc1nc(-c2ccccc2)c(C=O)s1. The Kier molecular flexibility index (Phi) is 2.61. The summed E-state index contributed by atoms with van der Waals surface area (Å²) >= 11 is 1.24. The van der Waals surface area contributed by atoms with E-state index < -0.39 is 0 Å². The fraction of sp³-hybridized carbons (Fsp3) is 0. The van der Waals surface area contributed by atoms with Crippen LogP contribution in [0.1, 0.15) is 14.7 Å². The van der Waals surface area contributed by atoms with Crippen molar-refractivity contribution in [3.8, 4) is 23.6 Å². The zero-order chi connectivity index (χ0) is 10.7. The standard InChI is InChI=1S/C12H7NOS/c1-2-11-13-12(10(8-14)15-11)9-6-4-3-5-7-9/h1,3-8H. The molecule has 15 heavy (non-hydrogen) atoms. The highest BCUT2D eigenvalue weighted by atomic mass is 32.1. The van der Waals surface area contributed by atoms with Crippen molar-refractivity contribution in [2.45, 2.75) is 0 Å². The van der Waals surface area contributed by atoms with Crippen molar-refractivity contribution >= 4 is 17.6 Å². The van der Waals surface area contributed by atoms with Gasteiger partial charge in [0.05, 0.1) is 10.6 Å². The maximum Gasteiger partial charge on any atom is 0.167 e. The molecule has 72 valence electrons. The summed E-state index contributed by atoms with van der Waals surface area (Å²) in [5, 5.41) is 0.538. The van der Waals surface area contributed by atoms with Gasteiger partial charge < -0.3 is 0 Å². The van der Waals surface area contributed by atoms with Gasteiger partial charge in [-0.1, -0.05) is 30.3 Å². The van der Waals surface area contributed by atoms with Gasteiger partial charge in [0.15, 0.2) is 11.3 Å². The van der Waals surface area contributed by atoms with Crippen molar-refractivity contribution in [2.75, 3.05) is 0 Å². The number of hydrogen-bond donors (Lipinski definition) is 0. The molecule has 0 aliphatic carbocycles. The zero-order valence-electron chi connectivity index (χ0n) is 7.81. The van der Waals surface area contributed by atoms with Crippen LogP contribution in [0.3, 0.4) is 0 Å². The molecule has 0 saturated carbocycles. The summed E-state index contributed by atoms with van der Waals surface area (Å²) in [6.45, 7) is 0. The second-order valence-corrected chi connectivity index (χ2v) is 3.89. The molecule has 2 nitrogen and oxygen atoms in total. The maximum absolute atomic E-state index is 10.8. The summed E-state index contributed by atoms with van der Waals surface area (Å²) in [7, 11) is 0. The fourth-order valence-corrected chi connectivity index (χ4v) is 1.99. The summed E-state index contributed by atoms with van der Waals surface area (Å²) in [5.41, 5.74) is 1.58. The monoisotopic (exact) mass is 213 g/mol. The van der Waals surface area contributed by atoms with Crippen LogP contribution in [0.2, 0.25) is 0 Å². The highest BCUT2D eigenvalue weighted by Gasteiger charge is 2.10. The summed E-state index contributed by atoms with van der Waals surface area (Å²) in [4.78, 5) is 15.6. The van der Waals surface area contributed by atoms with Crippen molar-refractivity contribution in [3.63, 3.8) is 0 Å². The van der Waals surface area contributed by atoms with E-state index in [0.717, 1.165) is 11.8 Å². The van der Waals surface area contributed by atoms with Crippen molar-refractivity contribution in [1.82, 2.24) is 4.98 Å². The molecule has 0 atom stereocenters.